The lowest BCUT2D eigenvalue weighted by Gasteiger charge is -2.41. The van der Waals surface area contributed by atoms with Gasteiger partial charge in [0.25, 0.3) is 0 Å². The number of carboxylic acids is 2. The van der Waals surface area contributed by atoms with Crippen LogP contribution in [0.5, 0.6) is 5.75 Å². The SMILES string of the molecule is CCOC(=O)/C=C/C1CCC2(CCCCC2)C1.CCOC(=O)CCC1CCC2(CCCCC2)C1.O=C(O)C1CCC2(CCCCC2)C1.O=C(O)CCC1CCC2(CCN(c3cc(OC4CCC4)ccc3Cl)CC2)C1.O=CC1CCC2(CCCCC2)C1.OCC1CCC2(CCCCC2)C1.[HH]. The van der Waals surface area contributed by atoms with E-state index in [-0.39, 0.29) is 19.3 Å². The number of allylic oxidation sites excluding steroid dienone is 1. The number of piperidine rings is 1. The van der Waals surface area contributed by atoms with E-state index in [0.717, 1.165) is 74.0 Å². The number of aliphatic carboxylic acids is 2. The molecule has 12 aliphatic carbocycles. The number of halogens is 1. The van der Waals surface area contributed by atoms with Crippen molar-refractivity contribution in [1.82, 2.24) is 0 Å². The summed E-state index contributed by atoms with van der Waals surface area (Å²) in [6.45, 7) is 7.20. The molecule has 1 saturated heterocycles. The highest BCUT2D eigenvalue weighted by Crippen LogP contribution is 2.57. The normalized spacial score (nSPS) is 29.0. The van der Waals surface area contributed by atoms with E-state index in [2.05, 4.69) is 17.0 Å². The lowest BCUT2D eigenvalue weighted by molar-refractivity contribution is -0.144. The lowest BCUT2D eigenvalue weighted by Crippen LogP contribution is -2.39. The zero-order valence-corrected chi connectivity index (χ0v) is 62.5. The minimum absolute atomic E-state index is 0. The molecule has 6 spiro atoms. The van der Waals surface area contributed by atoms with Crippen LogP contribution in [0.15, 0.2) is 30.4 Å². The van der Waals surface area contributed by atoms with Crippen LogP contribution >= 0.6 is 11.6 Å². The first-order valence-electron chi connectivity index (χ1n) is 41.1. The average Bonchev–Trinajstić information content (AvgIpc) is 1.80. The van der Waals surface area contributed by atoms with Crippen LogP contribution in [-0.2, 0) is 33.4 Å². The van der Waals surface area contributed by atoms with Crippen molar-refractivity contribution in [3.8, 4) is 5.75 Å². The van der Waals surface area contributed by atoms with Crippen LogP contribution in [0.2, 0.25) is 5.02 Å². The number of anilines is 1. The Morgan fingerprint density at radius 1 is 0.510 bits per heavy atom. The molecule has 1 aliphatic heterocycles. The summed E-state index contributed by atoms with van der Waals surface area (Å²) in [5, 5.41) is 27.7. The van der Waals surface area contributed by atoms with Crippen molar-refractivity contribution < 1.29 is 54.9 Å². The molecule has 6 atom stereocenters. The van der Waals surface area contributed by atoms with Crippen molar-refractivity contribution >= 4 is 47.5 Å². The Labute approximate surface area is 600 Å². The van der Waals surface area contributed by atoms with Gasteiger partial charge in [0.15, 0.2) is 0 Å². The summed E-state index contributed by atoms with van der Waals surface area (Å²) >= 11 is 6.51. The molecular weight excluding hydrogens is 1250 g/mol. The number of hydrogen-bond donors (Lipinski definition) is 3. The van der Waals surface area contributed by atoms with Crippen LogP contribution in [0.1, 0.15) is 349 Å². The van der Waals surface area contributed by atoms with Gasteiger partial charge in [-0.25, -0.2) is 4.79 Å². The Kier molecular flexibility index (Phi) is 31.0. The molecule has 1 heterocycles. The zero-order chi connectivity index (χ0) is 69.3. The van der Waals surface area contributed by atoms with Gasteiger partial charge < -0.3 is 39.2 Å². The van der Waals surface area contributed by atoms with E-state index in [1.807, 2.05) is 26.0 Å². The van der Waals surface area contributed by atoms with Gasteiger partial charge >= 0.3 is 23.9 Å². The predicted octanol–water partition coefficient (Wildman–Crippen LogP) is 22.2. The van der Waals surface area contributed by atoms with E-state index in [9.17, 15) is 24.0 Å². The topological polar surface area (TPSA) is 177 Å². The third kappa shape index (κ3) is 23.7. The van der Waals surface area contributed by atoms with Crippen LogP contribution in [-0.4, -0.2) is 84.5 Å². The molecule has 0 amide bonds. The molecule has 13 aliphatic rings. The van der Waals surface area contributed by atoms with Crippen molar-refractivity contribution in [2.24, 2.45) is 68.0 Å². The molecule has 6 unspecified atom stereocenters. The van der Waals surface area contributed by atoms with Crippen LogP contribution in [0.4, 0.5) is 5.69 Å². The Bertz CT molecular complexity index is 2620. The number of aliphatic hydroxyl groups excluding tert-OH is 1. The maximum absolute atomic E-state index is 11.3. The summed E-state index contributed by atoms with van der Waals surface area (Å²) in [5.41, 5.74) is 4.58. The van der Waals surface area contributed by atoms with Crippen molar-refractivity contribution in [1.29, 1.82) is 0 Å². The number of ether oxygens (including phenoxy) is 3. The maximum Gasteiger partial charge on any atom is 0.330 e. The molecule has 13 fully saturated rings. The van der Waals surface area contributed by atoms with E-state index in [1.54, 1.807) is 6.08 Å². The van der Waals surface area contributed by atoms with Crippen molar-refractivity contribution in [2.45, 2.75) is 354 Å². The number of nitrogens with zero attached hydrogens (tertiary/aromatic N) is 1. The quantitative estimate of drug-likeness (QED) is 0.0812. The first-order valence-corrected chi connectivity index (χ1v) is 41.5. The van der Waals surface area contributed by atoms with E-state index in [1.165, 1.54) is 289 Å². The fourth-order valence-corrected chi connectivity index (χ4v) is 22.3. The number of aldehydes is 1. The summed E-state index contributed by atoms with van der Waals surface area (Å²) in [4.78, 5) is 57.3. The molecule has 98 heavy (non-hydrogen) atoms. The number of benzene rings is 1. The monoisotopic (exact) mass is 1380 g/mol. The maximum atomic E-state index is 11.3. The number of carboxylic acid groups (broad SMARTS) is 2. The number of carbonyl (C=O) groups is 5. The molecule has 556 valence electrons. The molecule has 0 radical (unpaired) electrons. The molecule has 1 aromatic rings. The lowest BCUT2D eigenvalue weighted by atomic mass is 9.72. The number of rotatable bonds is 16. The highest BCUT2D eigenvalue weighted by molar-refractivity contribution is 6.33. The fraction of sp³-hybridized carbons (Fsp3) is 0.847. The summed E-state index contributed by atoms with van der Waals surface area (Å²) in [6.07, 6.45) is 71.7. The van der Waals surface area contributed by atoms with Gasteiger partial charge in [-0.05, 0) is 307 Å². The largest absolute Gasteiger partial charge is 0.490 e. The number of esters is 2. The van der Waals surface area contributed by atoms with E-state index in [0.29, 0.717) is 94.9 Å². The molecule has 14 rings (SSSR count). The van der Waals surface area contributed by atoms with Crippen molar-refractivity contribution in [3.63, 3.8) is 0 Å². The van der Waals surface area contributed by atoms with Crippen LogP contribution in [0, 0.1) is 68.0 Å². The van der Waals surface area contributed by atoms with Crippen LogP contribution in [0.3, 0.4) is 0 Å². The van der Waals surface area contributed by atoms with Gasteiger partial charge in [0.05, 0.1) is 35.9 Å². The van der Waals surface area contributed by atoms with Crippen molar-refractivity contribution in [2.75, 3.05) is 37.8 Å². The summed E-state index contributed by atoms with van der Waals surface area (Å²) in [7, 11) is 0. The van der Waals surface area contributed by atoms with Gasteiger partial charge in [-0.15, -0.1) is 0 Å². The second-order valence-corrected chi connectivity index (χ2v) is 35.3. The zero-order valence-electron chi connectivity index (χ0n) is 61.7. The van der Waals surface area contributed by atoms with Gasteiger partial charge in [0, 0.05) is 52.0 Å². The molecular formula is C85H138ClNO11. The second kappa shape index (κ2) is 38.8. The van der Waals surface area contributed by atoms with Crippen LogP contribution < -0.4 is 9.64 Å². The molecule has 3 N–H and O–H groups in total. The number of aliphatic hydroxyl groups is 1. The molecule has 0 aromatic heterocycles. The highest BCUT2D eigenvalue weighted by Gasteiger charge is 2.46. The highest BCUT2D eigenvalue weighted by atomic mass is 35.5. The van der Waals surface area contributed by atoms with Gasteiger partial charge in [-0.2, -0.15) is 0 Å². The van der Waals surface area contributed by atoms with E-state index in [4.69, 9.17) is 41.1 Å². The van der Waals surface area contributed by atoms with Gasteiger partial charge in [0.1, 0.15) is 12.0 Å². The third-order valence-electron chi connectivity index (χ3n) is 28.0. The summed E-state index contributed by atoms with van der Waals surface area (Å²) < 4.78 is 16.0. The second-order valence-electron chi connectivity index (χ2n) is 34.9. The standard InChI is InChI=1S/C22H30ClNO3.C15H26O2.C15H24O2.C11H18O2.C11H20O.C11H18O.H2/c23-19-6-5-18(27-17-2-1-3-17)14-20(19)24-12-10-22(11-13-24)9-8-16(15-22)4-7-21(25)26;2*1-2-17-14(16)7-6-13-8-11-15(12-13)9-4-3-5-10-15;12-10(13)9-4-7-11(8-9)5-2-1-3-6-11;2*12-9-10-4-7-11(8-10)5-2-1-3-6-11;/h5-6,14,16-17H,1-4,7-13,15H2,(H,25,26);13H,2-12H2,1H3;6-7,13H,2-5,8-12H2,1H3;9H,1-8H2,(H,12,13);10,12H,1-9H2;9-10H,1-8H2;1H/b;;7-6+;;;;. The van der Waals surface area contributed by atoms with Gasteiger partial charge in [-0.1, -0.05) is 114 Å². The minimum Gasteiger partial charge on any atom is -0.490 e. The molecule has 12 saturated carbocycles. The summed E-state index contributed by atoms with van der Waals surface area (Å²) in [6, 6.07) is 6.06. The van der Waals surface area contributed by atoms with Crippen LogP contribution in [0.25, 0.3) is 0 Å². The Hall–Kier alpha value is -3.64. The molecule has 1 aromatic carbocycles. The van der Waals surface area contributed by atoms with E-state index < -0.39 is 11.9 Å². The number of hydrogen-bond acceptors (Lipinski definition) is 10. The molecule has 12 nitrogen and oxygen atoms in total. The average molecular weight is 1390 g/mol. The Morgan fingerprint density at radius 2 is 0.949 bits per heavy atom. The Balaban J connectivity index is 0.000000155. The minimum atomic E-state index is -0.663. The first kappa shape index (κ1) is 78.5. The number of carbonyl (C=O) groups excluding carboxylic acids is 3. The Morgan fingerprint density at radius 3 is 1.39 bits per heavy atom. The van der Waals surface area contributed by atoms with Gasteiger partial charge in [0.2, 0.25) is 0 Å². The summed E-state index contributed by atoms with van der Waals surface area (Å²) in [5.74, 6) is 2.53. The van der Waals surface area contributed by atoms with E-state index >= 15 is 0 Å². The smallest absolute Gasteiger partial charge is 0.330 e. The van der Waals surface area contributed by atoms with Crippen molar-refractivity contribution in [3.05, 3.63) is 35.4 Å². The molecule has 0 bridgehead atoms. The third-order valence-corrected chi connectivity index (χ3v) is 28.3. The van der Waals surface area contributed by atoms with Gasteiger partial charge in [-0.3, -0.25) is 14.4 Å². The predicted molar refractivity (Wildman–Crippen MR) is 397 cm³/mol. The first-order chi connectivity index (χ1) is 47.4. The molecule has 13 heteroatoms. The fourth-order valence-electron chi connectivity index (χ4n) is 22.1.